The molecule has 0 saturated heterocycles. The van der Waals surface area contributed by atoms with Gasteiger partial charge in [0.15, 0.2) is 5.16 Å². The summed E-state index contributed by atoms with van der Waals surface area (Å²) < 4.78 is 1.58. The van der Waals surface area contributed by atoms with Crippen LogP contribution >= 0.6 is 11.8 Å². The highest BCUT2D eigenvalue weighted by Crippen LogP contribution is 2.22. The predicted molar refractivity (Wildman–Crippen MR) is 63.0 cm³/mol. The topological polar surface area (TPSA) is 80.9 Å². The number of aromatic carboxylic acids is 1. The lowest BCUT2D eigenvalue weighted by Crippen LogP contribution is -2.06. The lowest BCUT2D eigenvalue weighted by molar-refractivity contribution is 0.0696. The monoisotopic (exact) mass is 250 g/mol. The third-order valence-electron chi connectivity index (χ3n) is 2.24. The Hall–Kier alpha value is -1.89. The van der Waals surface area contributed by atoms with Crippen LogP contribution in [0.5, 0.6) is 0 Å². The van der Waals surface area contributed by atoms with Crippen LogP contribution in [-0.4, -0.2) is 37.1 Å². The molecule has 0 aliphatic heterocycles. The van der Waals surface area contributed by atoms with Gasteiger partial charge in [-0.3, -0.25) is 4.68 Å². The van der Waals surface area contributed by atoms with E-state index in [1.807, 2.05) is 6.26 Å². The average molecular weight is 250 g/mol. The highest BCUT2D eigenvalue weighted by Gasteiger charge is 2.17. The molecule has 0 aromatic carbocycles. The second kappa shape index (κ2) is 4.54. The molecule has 2 aromatic heterocycles. The SMILES string of the molecule is CSc1ncc(C(=O)O)c(-c2ccnn2C)n1. The summed E-state index contributed by atoms with van der Waals surface area (Å²) in [5.41, 5.74) is 1.11. The van der Waals surface area contributed by atoms with E-state index in [1.54, 1.807) is 24.0 Å². The van der Waals surface area contributed by atoms with Gasteiger partial charge in [-0.2, -0.15) is 5.10 Å². The van der Waals surface area contributed by atoms with Crippen LogP contribution in [0.4, 0.5) is 0 Å². The van der Waals surface area contributed by atoms with Crippen LogP contribution in [0.15, 0.2) is 23.6 Å². The molecule has 1 N–H and O–H groups in total. The minimum atomic E-state index is -1.05. The summed E-state index contributed by atoms with van der Waals surface area (Å²) in [5.74, 6) is -1.05. The first-order valence-electron chi connectivity index (χ1n) is 4.76. The fourth-order valence-electron chi connectivity index (χ4n) is 1.42. The molecule has 0 saturated carbocycles. The second-order valence-corrected chi connectivity index (χ2v) is 4.04. The Balaban J connectivity index is 2.65. The van der Waals surface area contributed by atoms with Gasteiger partial charge >= 0.3 is 5.97 Å². The Labute approximate surface area is 102 Å². The molecule has 2 rings (SSSR count). The Kier molecular flexibility index (Phi) is 3.10. The molecule has 0 fully saturated rings. The molecule has 0 spiro atoms. The minimum absolute atomic E-state index is 0.0754. The fraction of sp³-hybridized carbons (Fsp3) is 0.200. The average Bonchev–Trinajstić information content (AvgIpc) is 2.74. The molecular formula is C10H10N4O2S. The van der Waals surface area contributed by atoms with Crippen LogP contribution in [0, 0.1) is 0 Å². The summed E-state index contributed by atoms with van der Waals surface area (Å²) in [5, 5.41) is 13.6. The zero-order chi connectivity index (χ0) is 12.4. The number of aromatic nitrogens is 4. The molecule has 0 amide bonds. The summed E-state index contributed by atoms with van der Waals surface area (Å²) in [4.78, 5) is 19.3. The van der Waals surface area contributed by atoms with Crippen molar-refractivity contribution in [3.05, 3.63) is 24.0 Å². The van der Waals surface area contributed by atoms with Gasteiger partial charge in [0.25, 0.3) is 0 Å². The zero-order valence-electron chi connectivity index (χ0n) is 9.28. The van der Waals surface area contributed by atoms with Crippen LogP contribution in [0.2, 0.25) is 0 Å². The molecule has 17 heavy (non-hydrogen) atoms. The molecule has 6 nitrogen and oxygen atoms in total. The number of carboxylic acids is 1. The number of hydrogen-bond acceptors (Lipinski definition) is 5. The molecule has 2 heterocycles. The largest absolute Gasteiger partial charge is 0.478 e. The quantitative estimate of drug-likeness (QED) is 0.653. The Bertz CT molecular complexity index is 567. The zero-order valence-corrected chi connectivity index (χ0v) is 10.1. The summed E-state index contributed by atoms with van der Waals surface area (Å²) in [7, 11) is 1.74. The van der Waals surface area contributed by atoms with E-state index in [-0.39, 0.29) is 5.56 Å². The molecule has 88 valence electrons. The summed E-state index contributed by atoms with van der Waals surface area (Å²) in [6.45, 7) is 0. The number of aryl methyl sites for hydroxylation is 1. The van der Waals surface area contributed by atoms with Crippen molar-refractivity contribution in [1.29, 1.82) is 0 Å². The Morgan fingerprint density at radius 3 is 2.82 bits per heavy atom. The fourth-order valence-corrected chi connectivity index (χ4v) is 1.76. The molecule has 0 aliphatic rings. The first-order chi connectivity index (χ1) is 8.13. The van der Waals surface area contributed by atoms with Gasteiger partial charge in [0.05, 0.1) is 5.69 Å². The van der Waals surface area contributed by atoms with E-state index in [0.29, 0.717) is 16.5 Å². The van der Waals surface area contributed by atoms with E-state index in [0.717, 1.165) is 0 Å². The lowest BCUT2D eigenvalue weighted by atomic mass is 10.2. The number of nitrogens with zero attached hydrogens (tertiary/aromatic N) is 4. The van der Waals surface area contributed by atoms with Crippen LogP contribution in [0.3, 0.4) is 0 Å². The van der Waals surface area contributed by atoms with E-state index in [4.69, 9.17) is 5.11 Å². The van der Waals surface area contributed by atoms with Crippen molar-refractivity contribution in [2.45, 2.75) is 5.16 Å². The number of thioether (sulfide) groups is 1. The number of carboxylic acid groups (broad SMARTS) is 1. The minimum Gasteiger partial charge on any atom is -0.478 e. The molecule has 0 aliphatic carbocycles. The van der Waals surface area contributed by atoms with Crippen molar-refractivity contribution < 1.29 is 9.90 Å². The second-order valence-electron chi connectivity index (χ2n) is 3.26. The first kappa shape index (κ1) is 11.6. The van der Waals surface area contributed by atoms with Crippen molar-refractivity contribution in [2.24, 2.45) is 7.05 Å². The maximum Gasteiger partial charge on any atom is 0.339 e. The van der Waals surface area contributed by atoms with Crippen LogP contribution in [0.25, 0.3) is 11.4 Å². The van der Waals surface area contributed by atoms with Crippen molar-refractivity contribution in [3.63, 3.8) is 0 Å². The third kappa shape index (κ3) is 2.14. The van der Waals surface area contributed by atoms with Crippen molar-refractivity contribution in [2.75, 3.05) is 6.26 Å². The molecule has 2 aromatic rings. The van der Waals surface area contributed by atoms with Gasteiger partial charge in [-0.05, 0) is 12.3 Å². The molecule has 7 heteroatoms. The highest BCUT2D eigenvalue weighted by atomic mass is 32.2. The van der Waals surface area contributed by atoms with E-state index in [9.17, 15) is 4.79 Å². The molecule has 0 unspecified atom stereocenters. The van der Waals surface area contributed by atoms with Gasteiger partial charge in [0, 0.05) is 19.4 Å². The van der Waals surface area contributed by atoms with Gasteiger partial charge in [0.1, 0.15) is 11.3 Å². The van der Waals surface area contributed by atoms with Gasteiger partial charge in [-0.25, -0.2) is 14.8 Å². The third-order valence-corrected chi connectivity index (χ3v) is 2.81. The van der Waals surface area contributed by atoms with Gasteiger partial charge in [-0.15, -0.1) is 0 Å². The van der Waals surface area contributed by atoms with E-state index in [1.165, 1.54) is 18.0 Å². The van der Waals surface area contributed by atoms with Crippen molar-refractivity contribution in [1.82, 2.24) is 19.7 Å². The first-order valence-corrected chi connectivity index (χ1v) is 5.98. The maximum absolute atomic E-state index is 11.1. The van der Waals surface area contributed by atoms with E-state index in [2.05, 4.69) is 15.1 Å². The Morgan fingerprint density at radius 1 is 1.53 bits per heavy atom. The summed E-state index contributed by atoms with van der Waals surface area (Å²) in [6, 6.07) is 1.72. The normalized spacial score (nSPS) is 10.5. The van der Waals surface area contributed by atoms with Crippen LogP contribution < -0.4 is 0 Å². The summed E-state index contributed by atoms with van der Waals surface area (Å²) >= 11 is 1.36. The molecular weight excluding hydrogens is 240 g/mol. The van der Waals surface area contributed by atoms with Crippen LogP contribution in [-0.2, 0) is 7.05 Å². The smallest absolute Gasteiger partial charge is 0.339 e. The summed E-state index contributed by atoms with van der Waals surface area (Å²) in [6.07, 6.45) is 4.76. The Morgan fingerprint density at radius 2 is 2.29 bits per heavy atom. The van der Waals surface area contributed by atoms with E-state index < -0.39 is 5.97 Å². The standard InChI is InChI=1S/C10H10N4O2S/c1-14-7(3-4-12-14)8-6(9(15)16)5-11-10(13-8)17-2/h3-5H,1-2H3,(H,15,16). The molecule has 0 atom stereocenters. The molecule has 0 bridgehead atoms. The van der Waals surface area contributed by atoms with Gasteiger partial charge in [-0.1, -0.05) is 11.8 Å². The van der Waals surface area contributed by atoms with Crippen LogP contribution in [0.1, 0.15) is 10.4 Å². The van der Waals surface area contributed by atoms with Gasteiger partial charge < -0.3 is 5.11 Å². The number of rotatable bonds is 3. The number of carbonyl (C=O) groups is 1. The van der Waals surface area contributed by atoms with Crippen molar-refractivity contribution >= 4 is 17.7 Å². The maximum atomic E-state index is 11.1. The number of hydrogen-bond donors (Lipinski definition) is 1. The van der Waals surface area contributed by atoms with Gasteiger partial charge in [0.2, 0.25) is 0 Å². The van der Waals surface area contributed by atoms with Crippen molar-refractivity contribution in [3.8, 4) is 11.4 Å². The predicted octanol–water partition coefficient (Wildman–Crippen LogP) is 1.30. The lowest BCUT2D eigenvalue weighted by Gasteiger charge is -2.06. The highest BCUT2D eigenvalue weighted by molar-refractivity contribution is 7.98. The van der Waals surface area contributed by atoms with E-state index >= 15 is 0 Å². The molecule has 0 radical (unpaired) electrons.